The number of carbonyl (C=O) groups excluding carboxylic acids is 4. The Labute approximate surface area is 110 Å². The highest BCUT2D eigenvalue weighted by Crippen LogP contribution is 2.03. The molecule has 0 atom stereocenters. The van der Waals surface area contributed by atoms with Gasteiger partial charge < -0.3 is 9.47 Å². The first-order valence-electron chi connectivity index (χ1n) is 5.91. The smallest absolute Gasteiger partial charge is 0.413 e. The molecule has 0 aromatic carbocycles. The minimum Gasteiger partial charge on any atom is -0.450 e. The molecule has 0 rings (SSSR count). The summed E-state index contributed by atoms with van der Waals surface area (Å²) in [6.07, 6.45) is -1.75. The second-order valence-corrected chi connectivity index (χ2v) is 3.38. The number of ether oxygens (including phenoxy) is 2. The number of carbonyl (C=O) groups is 4. The summed E-state index contributed by atoms with van der Waals surface area (Å²) in [5.74, 6) is -2.83. The van der Waals surface area contributed by atoms with Crippen molar-refractivity contribution in [2.24, 2.45) is 5.92 Å². The molecule has 8 heteroatoms. The predicted molar refractivity (Wildman–Crippen MR) is 64.1 cm³/mol. The number of hydrogen-bond acceptors (Lipinski definition) is 6. The first-order valence-corrected chi connectivity index (χ1v) is 5.91. The van der Waals surface area contributed by atoms with Gasteiger partial charge >= 0.3 is 12.2 Å². The summed E-state index contributed by atoms with van der Waals surface area (Å²) in [4.78, 5) is 45.3. The van der Waals surface area contributed by atoms with Gasteiger partial charge in [0.2, 0.25) is 11.8 Å². The summed E-state index contributed by atoms with van der Waals surface area (Å²) >= 11 is 0. The fourth-order valence-corrected chi connectivity index (χ4v) is 1.20. The van der Waals surface area contributed by atoms with E-state index in [1.54, 1.807) is 20.8 Å². The molecule has 0 heterocycles. The van der Waals surface area contributed by atoms with Crippen LogP contribution in [-0.4, -0.2) is 37.2 Å². The molecule has 2 N–H and O–H groups in total. The Hall–Kier alpha value is -2.12. The van der Waals surface area contributed by atoms with E-state index >= 15 is 0 Å². The Morgan fingerprint density at radius 3 is 1.47 bits per heavy atom. The van der Waals surface area contributed by atoms with Crippen molar-refractivity contribution in [1.29, 1.82) is 0 Å². The molecule has 0 radical (unpaired) electrons. The molecule has 0 unspecified atom stereocenters. The number of hydrogen-bond donors (Lipinski definition) is 2. The zero-order valence-corrected chi connectivity index (χ0v) is 11.1. The SMILES string of the molecule is CCOC(=O)NC(=O)C(CC)C(=O)NC(=O)OCC. The maximum atomic E-state index is 11.6. The zero-order chi connectivity index (χ0) is 14.8. The molecular weight excluding hydrogens is 256 g/mol. The summed E-state index contributed by atoms with van der Waals surface area (Å²) in [7, 11) is 0. The Balaban J connectivity index is 4.46. The van der Waals surface area contributed by atoms with Crippen LogP contribution in [0, 0.1) is 5.92 Å². The molecule has 4 amide bonds. The topological polar surface area (TPSA) is 111 Å². The molecule has 19 heavy (non-hydrogen) atoms. The maximum Gasteiger partial charge on any atom is 0.413 e. The second-order valence-electron chi connectivity index (χ2n) is 3.38. The van der Waals surface area contributed by atoms with Crippen LogP contribution < -0.4 is 10.6 Å². The van der Waals surface area contributed by atoms with E-state index in [0.29, 0.717) is 0 Å². The lowest BCUT2D eigenvalue weighted by molar-refractivity contribution is -0.134. The minimum absolute atomic E-state index is 0.102. The van der Waals surface area contributed by atoms with Gasteiger partial charge in [0.15, 0.2) is 0 Å². The van der Waals surface area contributed by atoms with Crippen molar-refractivity contribution >= 4 is 24.0 Å². The lowest BCUT2D eigenvalue weighted by Gasteiger charge is -2.13. The van der Waals surface area contributed by atoms with Gasteiger partial charge in [-0.25, -0.2) is 9.59 Å². The van der Waals surface area contributed by atoms with Gasteiger partial charge in [-0.2, -0.15) is 0 Å². The molecule has 0 aromatic heterocycles. The predicted octanol–water partition coefficient (Wildman–Crippen LogP) is 0.558. The van der Waals surface area contributed by atoms with Crippen molar-refractivity contribution in [2.45, 2.75) is 27.2 Å². The van der Waals surface area contributed by atoms with Crippen molar-refractivity contribution in [1.82, 2.24) is 10.6 Å². The second kappa shape index (κ2) is 8.90. The van der Waals surface area contributed by atoms with Crippen molar-refractivity contribution in [2.75, 3.05) is 13.2 Å². The van der Waals surface area contributed by atoms with E-state index in [2.05, 4.69) is 9.47 Å². The molecule has 0 aliphatic heterocycles. The first kappa shape index (κ1) is 16.9. The lowest BCUT2D eigenvalue weighted by Crippen LogP contribution is -2.45. The van der Waals surface area contributed by atoms with Crippen molar-refractivity contribution in [3.8, 4) is 0 Å². The van der Waals surface area contributed by atoms with E-state index in [-0.39, 0.29) is 19.6 Å². The van der Waals surface area contributed by atoms with Crippen LogP contribution in [0.4, 0.5) is 9.59 Å². The van der Waals surface area contributed by atoms with Crippen molar-refractivity contribution in [3.63, 3.8) is 0 Å². The number of imide groups is 2. The van der Waals surface area contributed by atoms with Gasteiger partial charge in [0.1, 0.15) is 5.92 Å². The van der Waals surface area contributed by atoms with Crippen LogP contribution in [-0.2, 0) is 19.1 Å². The fraction of sp³-hybridized carbons (Fsp3) is 0.636. The van der Waals surface area contributed by atoms with E-state index in [4.69, 9.17) is 0 Å². The summed E-state index contributed by atoms with van der Waals surface area (Å²) in [6.45, 7) is 4.93. The van der Waals surface area contributed by atoms with E-state index in [0.717, 1.165) is 0 Å². The molecule has 108 valence electrons. The molecule has 0 aliphatic carbocycles. The standard InChI is InChI=1S/C11H18N2O6/c1-4-7(8(14)12-10(16)18-5-2)9(15)13-11(17)19-6-3/h7H,4-6H2,1-3H3,(H,12,14,16)(H,13,15,17). The number of amides is 4. The molecule has 8 nitrogen and oxygen atoms in total. The molecule has 0 aromatic rings. The Bertz CT molecular complexity index is 323. The molecule has 0 bridgehead atoms. The lowest BCUT2D eigenvalue weighted by atomic mass is 10.1. The third-order valence-electron chi connectivity index (χ3n) is 2.04. The van der Waals surface area contributed by atoms with Crippen LogP contribution in [0.15, 0.2) is 0 Å². The van der Waals surface area contributed by atoms with Crippen molar-refractivity contribution < 1.29 is 28.7 Å². The molecule has 0 fully saturated rings. The van der Waals surface area contributed by atoms with Gasteiger partial charge in [-0.3, -0.25) is 20.2 Å². The average molecular weight is 274 g/mol. The van der Waals surface area contributed by atoms with Gasteiger partial charge in [0, 0.05) is 0 Å². The van der Waals surface area contributed by atoms with Crippen LogP contribution in [0.25, 0.3) is 0 Å². The van der Waals surface area contributed by atoms with Crippen LogP contribution in [0.1, 0.15) is 27.2 Å². The monoisotopic (exact) mass is 274 g/mol. The number of nitrogens with one attached hydrogen (secondary N) is 2. The molecule has 0 aliphatic rings. The summed E-state index contributed by atoms with van der Waals surface area (Å²) in [5.41, 5.74) is 0. The van der Waals surface area contributed by atoms with E-state index in [9.17, 15) is 19.2 Å². The number of alkyl carbamates (subject to hydrolysis) is 2. The van der Waals surface area contributed by atoms with E-state index < -0.39 is 29.9 Å². The van der Waals surface area contributed by atoms with Gasteiger partial charge in [-0.1, -0.05) is 6.92 Å². The Morgan fingerprint density at radius 2 is 1.21 bits per heavy atom. The highest BCUT2D eigenvalue weighted by Gasteiger charge is 2.28. The maximum absolute atomic E-state index is 11.6. The third-order valence-corrected chi connectivity index (χ3v) is 2.04. The average Bonchev–Trinajstić information content (AvgIpc) is 2.29. The fourth-order valence-electron chi connectivity index (χ4n) is 1.20. The Morgan fingerprint density at radius 1 is 0.842 bits per heavy atom. The molecular formula is C11H18N2O6. The summed E-state index contributed by atoms with van der Waals surface area (Å²) < 4.78 is 9.02. The largest absolute Gasteiger partial charge is 0.450 e. The van der Waals surface area contributed by atoms with Crippen LogP contribution in [0.2, 0.25) is 0 Å². The Kier molecular flexibility index (Phi) is 7.90. The highest BCUT2D eigenvalue weighted by atomic mass is 16.6. The van der Waals surface area contributed by atoms with Gasteiger partial charge in [0.05, 0.1) is 13.2 Å². The van der Waals surface area contributed by atoms with Gasteiger partial charge in [-0.05, 0) is 20.3 Å². The zero-order valence-electron chi connectivity index (χ0n) is 11.1. The highest BCUT2D eigenvalue weighted by molar-refractivity contribution is 6.08. The van der Waals surface area contributed by atoms with Crippen LogP contribution in [0.3, 0.4) is 0 Å². The number of rotatable bonds is 5. The quantitative estimate of drug-likeness (QED) is 0.708. The molecule has 0 spiro atoms. The summed E-state index contributed by atoms with van der Waals surface area (Å²) in [6, 6.07) is 0. The molecule has 0 saturated heterocycles. The van der Waals surface area contributed by atoms with Gasteiger partial charge in [0.25, 0.3) is 0 Å². The third kappa shape index (κ3) is 6.39. The summed E-state index contributed by atoms with van der Waals surface area (Å²) in [5, 5.41) is 3.81. The normalized spacial score (nSPS) is 9.68. The van der Waals surface area contributed by atoms with E-state index in [1.807, 2.05) is 10.6 Å². The van der Waals surface area contributed by atoms with Crippen LogP contribution in [0.5, 0.6) is 0 Å². The first-order chi connectivity index (χ1) is 8.96. The van der Waals surface area contributed by atoms with Crippen molar-refractivity contribution in [3.05, 3.63) is 0 Å². The van der Waals surface area contributed by atoms with Gasteiger partial charge in [-0.15, -0.1) is 0 Å². The molecule has 0 saturated carbocycles. The van der Waals surface area contributed by atoms with Crippen LogP contribution >= 0.6 is 0 Å². The van der Waals surface area contributed by atoms with E-state index in [1.165, 1.54) is 0 Å². The minimum atomic E-state index is -1.17.